The second kappa shape index (κ2) is 5.48. The second-order valence-electron chi connectivity index (χ2n) is 3.28. The molecular weight excluding hydrogens is 156 g/mol. The van der Waals surface area contributed by atoms with E-state index in [1.165, 1.54) is 0 Å². The molecule has 0 radical (unpaired) electrons. The van der Waals surface area contributed by atoms with Gasteiger partial charge in [-0.3, -0.25) is 0 Å². The molecule has 0 aromatic heterocycles. The summed E-state index contributed by atoms with van der Waals surface area (Å²) in [6.45, 7) is 1.72. The predicted molar refractivity (Wildman–Crippen MR) is 48.8 cm³/mol. The van der Waals surface area contributed by atoms with Crippen molar-refractivity contribution in [2.75, 3.05) is 20.7 Å². The van der Waals surface area contributed by atoms with E-state index in [9.17, 15) is 5.11 Å². The highest BCUT2D eigenvalue weighted by Gasteiger charge is 2.25. The monoisotopic (exact) mass is 176 g/mol. The first-order valence-corrected chi connectivity index (χ1v) is 4.25. The number of rotatable bonds is 5. The van der Waals surface area contributed by atoms with E-state index in [0.717, 1.165) is 6.42 Å². The van der Waals surface area contributed by atoms with Crippen LogP contribution in [0.4, 0.5) is 0 Å². The van der Waals surface area contributed by atoms with Crippen molar-refractivity contribution in [2.45, 2.75) is 31.5 Å². The molecule has 0 rings (SSSR count). The Morgan fingerprint density at radius 2 is 1.92 bits per heavy atom. The fourth-order valence-corrected chi connectivity index (χ4v) is 1.36. The van der Waals surface area contributed by atoms with Crippen molar-refractivity contribution in [3.05, 3.63) is 0 Å². The molecule has 74 valence electrons. The first-order chi connectivity index (χ1) is 5.54. The van der Waals surface area contributed by atoms with Gasteiger partial charge in [0.1, 0.15) is 0 Å². The Bertz CT molecular complexity index is 110. The van der Waals surface area contributed by atoms with Crippen LogP contribution in [0.1, 0.15) is 13.3 Å². The molecule has 4 N–H and O–H groups in total. The molecule has 3 unspecified atom stereocenters. The molecule has 0 amide bonds. The molecule has 4 heteroatoms. The van der Waals surface area contributed by atoms with Crippen molar-refractivity contribution in [1.82, 2.24) is 4.90 Å². The van der Waals surface area contributed by atoms with Crippen LogP contribution in [-0.4, -0.2) is 54.0 Å². The molecule has 0 aliphatic heterocycles. The van der Waals surface area contributed by atoms with Gasteiger partial charge >= 0.3 is 0 Å². The van der Waals surface area contributed by atoms with Gasteiger partial charge in [0.05, 0.1) is 18.8 Å². The van der Waals surface area contributed by atoms with Gasteiger partial charge in [-0.1, -0.05) is 6.92 Å². The molecule has 0 saturated heterocycles. The Morgan fingerprint density at radius 1 is 1.42 bits per heavy atom. The maximum atomic E-state index is 9.42. The minimum atomic E-state index is -0.755. The molecule has 0 aromatic carbocycles. The number of nitrogens with two attached hydrogens (primary N) is 1. The fourth-order valence-electron chi connectivity index (χ4n) is 1.36. The van der Waals surface area contributed by atoms with E-state index in [2.05, 4.69) is 0 Å². The topological polar surface area (TPSA) is 69.7 Å². The van der Waals surface area contributed by atoms with Crippen molar-refractivity contribution in [2.24, 2.45) is 5.73 Å². The minimum Gasteiger partial charge on any atom is -0.394 e. The summed E-state index contributed by atoms with van der Waals surface area (Å²) in [5.74, 6) is 0. The third kappa shape index (κ3) is 3.06. The van der Waals surface area contributed by atoms with E-state index in [-0.39, 0.29) is 18.7 Å². The SMILES string of the molecule is CCC(N)C(C(O)CO)N(C)C. The lowest BCUT2D eigenvalue weighted by atomic mass is 10.0. The number of aliphatic hydroxyl groups is 2. The molecule has 0 aromatic rings. The van der Waals surface area contributed by atoms with Gasteiger partial charge in [0.25, 0.3) is 0 Å². The number of aliphatic hydroxyl groups excluding tert-OH is 2. The Kier molecular flexibility index (Phi) is 5.41. The second-order valence-corrected chi connectivity index (χ2v) is 3.28. The van der Waals surface area contributed by atoms with E-state index >= 15 is 0 Å². The highest BCUT2D eigenvalue weighted by Crippen LogP contribution is 2.06. The van der Waals surface area contributed by atoms with Crippen LogP contribution in [0.15, 0.2) is 0 Å². The number of nitrogens with zero attached hydrogens (tertiary/aromatic N) is 1. The van der Waals surface area contributed by atoms with Crippen molar-refractivity contribution >= 4 is 0 Å². The van der Waals surface area contributed by atoms with Crippen LogP contribution in [0.3, 0.4) is 0 Å². The van der Waals surface area contributed by atoms with E-state index in [4.69, 9.17) is 10.8 Å². The molecule has 12 heavy (non-hydrogen) atoms. The minimum absolute atomic E-state index is 0.0952. The standard InChI is InChI=1S/C8H20N2O2/c1-4-6(9)8(10(2)3)7(12)5-11/h6-8,11-12H,4-5,9H2,1-3H3. The molecule has 0 bridgehead atoms. The Labute approximate surface area is 74.0 Å². The molecule has 0 fully saturated rings. The summed E-state index contributed by atoms with van der Waals surface area (Å²) in [6, 6.07) is -0.262. The summed E-state index contributed by atoms with van der Waals surface area (Å²) in [4.78, 5) is 1.84. The lowest BCUT2D eigenvalue weighted by Crippen LogP contribution is -2.52. The summed E-state index contributed by atoms with van der Waals surface area (Å²) >= 11 is 0. The summed E-state index contributed by atoms with van der Waals surface area (Å²) in [7, 11) is 3.69. The van der Waals surface area contributed by atoms with E-state index in [0.29, 0.717) is 0 Å². The number of likely N-dealkylation sites (N-methyl/N-ethyl adjacent to an activating group) is 1. The maximum Gasteiger partial charge on any atom is 0.0940 e. The molecule has 4 nitrogen and oxygen atoms in total. The van der Waals surface area contributed by atoms with Crippen LogP contribution < -0.4 is 5.73 Å². The van der Waals surface area contributed by atoms with Gasteiger partial charge in [0, 0.05) is 6.04 Å². The van der Waals surface area contributed by atoms with Gasteiger partial charge in [0.15, 0.2) is 0 Å². The van der Waals surface area contributed by atoms with E-state index in [1.807, 2.05) is 25.9 Å². The van der Waals surface area contributed by atoms with E-state index < -0.39 is 6.10 Å². The van der Waals surface area contributed by atoms with Gasteiger partial charge in [-0.15, -0.1) is 0 Å². The molecule has 0 aliphatic rings. The van der Waals surface area contributed by atoms with Gasteiger partial charge in [-0.05, 0) is 20.5 Å². The normalized spacial score (nSPS) is 19.2. The zero-order valence-electron chi connectivity index (χ0n) is 8.07. The van der Waals surface area contributed by atoms with Gasteiger partial charge in [-0.2, -0.15) is 0 Å². The summed E-state index contributed by atoms with van der Waals surface area (Å²) in [5, 5.41) is 18.2. The maximum absolute atomic E-state index is 9.42. The average Bonchev–Trinajstić information content (AvgIpc) is 2.03. The molecular formula is C8H20N2O2. The lowest BCUT2D eigenvalue weighted by molar-refractivity contribution is 0.0177. The Morgan fingerprint density at radius 3 is 2.17 bits per heavy atom. The Balaban J connectivity index is 4.21. The molecule has 0 heterocycles. The fraction of sp³-hybridized carbons (Fsp3) is 1.00. The van der Waals surface area contributed by atoms with Gasteiger partial charge in [-0.25, -0.2) is 0 Å². The van der Waals surface area contributed by atoms with Crippen LogP contribution >= 0.6 is 0 Å². The largest absolute Gasteiger partial charge is 0.394 e. The summed E-state index contributed by atoms with van der Waals surface area (Å²) < 4.78 is 0. The summed E-state index contributed by atoms with van der Waals surface area (Å²) in [5.41, 5.74) is 5.78. The molecule has 0 aliphatic carbocycles. The Hall–Kier alpha value is -0.160. The predicted octanol–water partition coefficient (Wildman–Crippen LogP) is -0.993. The van der Waals surface area contributed by atoms with Gasteiger partial charge < -0.3 is 20.8 Å². The zero-order chi connectivity index (χ0) is 9.72. The van der Waals surface area contributed by atoms with E-state index in [1.54, 1.807) is 0 Å². The van der Waals surface area contributed by atoms with Crippen molar-refractivity contribution in [1.29, 1.82) is 0 Å². The smallest absolute Gasteiger partial charge is 0.0940 e. The zero-order valence-corrected chi connectivity index (χ0v) is 8.07. The van der Waals surface area contributed by atoms with Gasteiger partial charge in [0.2, 0.25) is 0 Å². The highest BCUT2D eigenvalue weighted by molar-refractivity contribution is 4.84. The van der Waals surface area contributed by atoms with Crippen LogP contribution in [-0.2, 0) is 0 Å². The molecule has 0 spiro atoms. The van der Waals surface area contributed by atoms with Crippen LogP contribution in [0.2, 0.25) is 0 Å². The summed E-state index contributed by atoms with van der Waals surface area (Å²) in [6.07, 6.45) is 0.0369. The highest BCUT2D eigenvalue weighted by atomic mass is 16.3. The van der Waals surface area contributed by atoms with Crippen molar-refractivity contribution < 1.29 is 10.2 Å². The van der Waals surface area contributed by atoms with Crippen LogP contribution in [0.25, 0.3) is 0 Å². The molecule has 3 atom stereocenters. The number of hydrogen-bond donors (Lipinski definition) is 3. The molecule has 0 saturated carbocycles. The number of hydrogen-bond acceptors (Lipinski definition) is 4. The third-order valence-corrected chi connectivity index (χ3v) is 2.09. The van der Waals surface area contributed by atoms with Crippen LogP contribution in [0, 0.1) is 0 Å². The van der Waals surface area contributed by atoms with Crippen LogP contribution in [0.5, 0.6) is 0 Å². The lowest BCUT2D eigenvalue weighted by Gasteiger charge is -2.32. The third-order valence-electron chi connectivity index (χ3n) is 2.09. The van der Waals surface area contributed by atoms with Crippen molar-refractivity contribution in [3.63, 3.8) is 0 Å². The first kappa shape index (κ1) is 11.8. The van der Waals surface area contributed by atoms with Crippen molar-refractivity contribution in [3.8, 4) is 0 Å². The quantitative estimate of drug-likeness (QED) is 0.503. The first-order valence-electron chi connectivity index (χ1n) is 4.25. The average molecular weight is 176 g/mol.